The second kappa shape index (κ2) is 4.45. The van der Waals surface area contributed by atoms with Crippen molar-refractivity contribution in [3.63, 3.8) is 0 Å². The Morgan fingerprint density at radius 1 is 1.55 bits per heavy atom. The molecule has 0 spiro atoms. The number of carboxylic acids is 1. The van der Waals surface area contributed by atoms with Crippen molar-refractivity contribution in [3.8, 4) is 0 Å². The van der Waals surface area contributed by atoms with Crippen molar-refractivity contribution >= 4 is 44.2 Å². The predicted octanol–water partition coefficient (Wildman–Crippen LogP) is 1.62. The number of nitrogens with two attached hydrogens (primary N) is 1. The molecule has 7 heteroatoms. The van der Waals surface area contributed by atoms with E-state index in [1.165, 1.54) is 16.2 Å². The van der Waals surface area contributed by atoms with Gasteiger partial charge in [0.05, 0.1) is 16.3 Å². The third-order valence-electron chi connectivity index (χ3n) is 3.40. The fourth-order valence-corrected chi connectivity index (χ4v) is 3.33. The third kappa shape index (κ3) is 2.00. The van der Waals surface area contributed by atoms with E-state index >= 15 is 0 Å². The van der Waals surface area contributed by atoms with Gasteiger partial charge >= 0.3 is 5.97 Å². The zero-order valence-electron chi connectivity index (χ0n) is 10.8. The number of nitrogens with zero attached hydrogens (tertiary/aromatic N) is 2. The van der Waals surface area contributed by atoms with E-state index in [-0.39, 0.29) is 18.9 Å². The lowest BCUT2D eigenvalue weighted by Gasteiger charge is -2.17. The molecule has 1 aliphatic rings. The maximum Gasteiger partial charge on any atom is 0.308 e. The van der Waals surface area contributed by atoms with E-state index in [1.54, 1.807) is 0 Å². The van der Waals surface area contributed by atoms with E-state index < -0.39 is 11.9 Å². The topological polar surface area (TPSA) is 96.5 Å². The number of carboxylic acid groups (broad SMARTS) is 1. The molecule has 0 unspecified atom stereocenters. The van der Waals surface area contributed by atoms with Gasteiger partial charge < -0.3 is 15.7 Å². The lowest BCUT2D eigenvalue weighted by Crippen LogP contribution is -2.26. The molecule has 3 rings (SSSR count). The summed E-state index contributed by atoms with van der Waals surface area (Å²) in [6.45, 7) is 2.11. The number of rotatable bonds is 2. The molecule has 104 valence electrons. The predicted molar refractivity (Wildman–Crippen MR) is 76.9 cm³/mol. The molecule has 0 radical (unpaired) electrons. The number of anilines is 2. The number of hydrogen-bond acceptors (Lipinski definition) is 5. The highest BCUT2D eigenvalue weighted by atomic mass is 32.1. The highest BCUT2D eigenvalue weighted by Crippen LogP contribution is 2.35. The molecule has 0 aliphatic carbocycles. The van der Waals surface area contributed by atoms with Gasteiger partial charge in [0.2, 0.25) is 5.91 Å². The van der Waals surface area contributed by atoms with E-state index in [1.807, 2.05) is 19.1 Å². The average molecular weight is 291 g/mol. The van der Waals surface area contributed by atoms with E-state index in [2.05, 4.69) is 4.98 Å². The molecule has 1 aliphatic heterocycles. The molecule has 2 heterocycles. The van der Waals surface area contributed by atoms with Gasteiger partial charge in [0, 0.05) is 13.0 Å². The van der Waals surface area contributed by atoms with Gasteiger partial charge in [0.25, 0.3) is 0 Å². The Balaban J connectivity index is 2.10. The van der Waals surface area contributed by atoms with E-state index in [9.17, 15) is 9.59 Å². The van der Waals surface area contributed by atoms with Crippen molar-refractivity contribution in [2.75, 3.05) is 17.2 Å². The summed E-state index contributed by atoms with van der Waals surface area (Å²) in [6.07, 6.45) is 0.0321. The Bertz CT molecular complexity index is 725. The first-order valence-electron chi connectivity index (χ1n) is 6.15. The normalized spacial score (nSPS) is 18.9. The molecule has 1 amide bonds. The maximum atomic E-state index is 12.1. The van der Waals surface area contributed by atoms with Crippen LogP contribution in [0.3, 0.4) is 0 Å². The van der Waals surface area contributed by atoms with Gasteiger partial charge in [-0.05, 0) is 24.6 Å². The van der Waals surface area contributed by atoms with Crippen LogP contribution in [-0.2, 0) is 9.59 Å². The van der Waals surface area contributed by atoms with Crippen LogP contribution >= 0.6 is 11.3 Å². The van der Waals surface area contributed by atoms with E-state index in [0.717, 1.165) is 10.3 Å². The fraction of sp³-hybridized carbons (Fsp3) is 0.308. The van der Waals surface area contributed by atoms with Gasteiger partial charge in [-0.1, -0.05) is 11.3 Å². The number of aliphatic carboxylic acids is 1. The number of aromatic nitrogens is 1. The Labute approximate surface area is 118 Å². The molecule has 0 saturated carbocycles. The molecule has 0 bridgehead atoms. The zero-order valence-corrected chi connectivity index (χ0v) is 11.6. The lowest BCUT2D eigenvalue weighted by atomic mass is 10.1. The SMILES string of the molecule is Cc1cc(N2C[C@H](C(=O)O)CC2=O)c2nc(N)sc2c1. The molecule has 1 fully saturated rings. The van der Waals surface area contributed by atoms with Gasteiger partial charge in [0.15, 0.2) is 5.13 Å². The summed E-state index contributed by atoms with van der Waals surface area (Å²) < 4.78 is 0.907. The number of nitrogen functional groups attached to an aromatic ring is 1. The number of carbonyl (C=O) groups is 2. The molecule has 1 saturated heterocycles. The minimum Gasteiger partial charge on any atom is -0.481 e. The zero-order chi connectivity index (χ0) is 14.4. The maximum absolute atomic E-state index is 12.1. The average Bonchev–Trinajstić information content (AvgIpc) is 2.90. The summed E-state index contributed by atoms with van der Waals surface area (Å²) in [6, 6.07) is 3.81. The molecule has 1 aromatic heterocycles. The van der Waals surface area contributed by atoms with E-state index in [4.69, 9.17) is 10.8 Å². The first-order valence-corrected chi connectivity index (χ1v) is 6.97. The molecule has 2 aromatic rings. The molecular weight excluding hydrogens is 278 g/mol. The largest absolute Gasteiger partial charge is 0.481 e. The number of carbonyl (C=O) groups excluding carboxylic acids is 1. The van der Waals surface area contributed by atoms with Crippen molar-refractivity contribution in [2.24, 2.45) is 5.92 Å². The summed E-state index contributed by atoms with van der Waals surface area (Å²) in [4.78, 5) is 28.9. The second-order valence-corrected chi connectivity index (χ2v) is 5.99. The Morgan fingerprint density at radius 2 is 2.30 bits per heavy atom. The smallest absolute Gasteiger partial charge is 0.308 e. The van der Waals surface area contributed by atoms with E-state index in [0.29, 0.717) is 16.3 Å². The minimum atomic E-state index is -0.942. The first-order chi connectivity index (χ1) is 9.45. The first kappa shape index (κ1) is 12.9. The fourth-order valence-electron chi connectivity index (χ4n) is 2.47. The minimum absolute atomic E-state index is 0.0321. The van der Waals surface area contributed by atoms with Crippen LogP contribution in [0.15, 0.2) is 12.1 Å². The van der Waals surface area contributed by atoms with Crippen LogP contribution in [0.4, 0.5) is 10.8 Å². The number of benzene rings is 1. The van der Waals surface area contributed by atoms with Gasteiger partial charge in [0.1, 0.15) is 5.52 Å². The number of thiazole rings is 1. The third-order valence-corrected chi connectivity index (χ3v) is 4.23. The van der Waals surface area contributed by atoms with Crippen LogP contribution in [0.25, 0.3) is 10.2 Å². The number of amides is 1. The summed E-state index contributed by atoms with van der Waals surface area (Å²) in [7, 11) is 0. The van der Waals surface area contributed by atoms with Crippen molar-refractivity contribution in [1.29, 1.82) is 0 Å². The van der Waals surface area contributed by atoms with Gasteiger partial charge in [-0.3, -0.25) is 9.59 Å². The summed E-state index contributed by atoms with van der Waals surface area (Å²) in [5, 5.41) is 9.49. The van der Waals surface area contributed by atoms with Gasteiger partial charge in [-0.25, -0.2) is 4.98 Å². The second-order valence-electron chi connectivity index (χ2n) is 4.93. The van der Waals surface area contributed by atoms with Crippen LogP contribution in [0.5, 0.6) is 0 Å². The molecular formula is C13H13N3O3S. The molecule has 3 N–H and O–H groups in total. The Hall–Kier alpha value is -2.15. The highest BCUT2D eigenvalue weighted by Gasteiger charge is 2.36. The summed E-state index contributed by atoms with van der Waals surface area (Å²) >= 11 is 1.36. The molecule has 6 nitrogen and oxygen atoms in total. The van der Waals surface area contributed by atoms with Crippen LogP contribution in [-0.4, -0.2) is 28.5 Å². The standard InChI is InChI=1S/C13H13N3O3S/c1-6-2-8(11-9(3-6)20-13(14)15-11)16-5-7(12(18)19)4-10(16)17/h2-3,7H,4-5H2,1H3,(H2,14,15)(H,18,19)/t7-/m1/s1. The quantitative estimate of drug-likeness (QED) is 0.876. The number of aryl methyl sites for hydroxylation is 1. The van der Waals surface area contributed by atoms with Crippen molar-refractivity contribution < 1.29 is 14.7 Å². The van der Waals surface area contributed by atoms with Crippen molar-refractivity contribution in [2.45, 2.75) is 13.3 Å². The van der Waals surface area contributed by atoms with Crippen LogP contribution in [0.2, 0.25) is 0 Å². The van der Waals surface area contributed by atoms with Crippen LogP contribution in [0.1, 0.15) is 12.0 Å². The van der Waals surface area contributed by atoms with Crippen LogP contribution in [0, 0.1) is 12.8 Å². The monoisotopic (exact) mass is 291 g/mol. The van der Waals surface area contributed by atoms with Crippen LogP contribution < -0.4 is 10.6 Å². The number of hydrogen-bond donors (Lipinski definition) is 2. The molecule has 20 heavy (non-hydrogen) atoms. The molecule has 1 aromatic carbocycles. The van der Waals surface area contributed by atoms with Gasteiger partial charge in [-0.15, -0.1) is 0 Å². The summed E-state index contributed by atoms with van der Waals surface area (Å²) in [5.74, 6) is -1.78. The molecule has 1 atom stereocenters. The number of fused-ring (bicyclic) bond motifs is 1. The Kier molecular flexibility index (Phi) is 2.86. The Morgan fingerprint density at radius 3 is 2.95 bits per heavy atom. The lowest BCUT2D eigenvalue weighted by molar-refractivity contribution is -0.141. The van der Waals surface area contributed by atoms with Crippen molar-refractivity contribution in [1.82, 2.24) is 4.98 Å². The van der Waals surface area contributed by atoms with Crippen molar-refractivity contribution in [3.05, 3.63) is 17.7 Å². The summed E-state index contributed by atoms with van der Waals surface area (Å²) in [5.41, 5.74) is 8.04. The highest BCUT2D eigenvalue weighted by molar-refractivity contribution is 7.22. The van der Waals surface area contributed by atoms with Gasteiger partial charge in [-0.2, -0.15) is 0 Å².